The van der Waals surface area contributed by atoms with Crippen LogP contribution in [0.1, 0.15) is 11.3 Å². The van der Waals surface area contributed by atoms with E-state index >= 15 is 0 Å². The number of hydrogen-bond donors (Lipinski definition) is 3. The van der Waals surface area contributed by atoms with Gasteiger partial charge in [-0.2, -0.15) is 0 Å². The van der Waals surface area contributed by atoms with Crippen LogP contribution in [0, 0.1) is 6.92 Å². The summed E-state index contributed by atoms with van der Waals surface area (Å²) in [7, 11) is -1.51. The molecule has 0 radical (unpaired) electrons. The predicted octanol–water partition coefficient (Wildman–Crippen LogP) is 0.955. The number of aryl methyl sites for hydroxylation is 1. The van der Waals surface area contributed by atoms with E-state index in [-0.39, 0.29) is 0 Å². The highest BCUT2D eigenvalue weighted by Gasteiger charge is 2.10. The summed E-state index contributed by atoms with van der Waals surface area (Å²) >= 11 is 0. The number of rotatable bonds is 6. The molecule has 0 spiro atoms. The molecule has 126 valence electrons. The highest BCUT2D eigenvalue weighted by Crippen LogP contribution is 2.24. The third-order valence-corrected chi connectivity index (χ3v) is 4.09. The van der Waals surface area contributed by atoms with E-state index in [0.29, 0.717) is 25.6 Å². The van der Waals surface area contributed by atoms with Gasteiger partial charge in [-0.15, -0.1) is 0 Å². The van der Waals surface area contributed by atoms with Crippen molar-refractivity contribution in [2.24, 2.45) is 4.99 Å². The van der Waals surface area contributed by atoms with Gasteiger partial charge in [0.25, 0.3) is 0 Å². The van der Waals surface area contributed by atoms with Gasteiger partial charge in [-0.3, -0.25) is 4.99 Å². The first-order valence-electron chi connectivity index (χ1n) is 7.27. The number of aliphatic imine (C=N–C) groups is 1. The standard InChI is InChI=1S/C15H22N4O3S/c1-11-12-6-4-5-7-13(12)22-14(11)10-18-15(16-2)17-8-9-19-23(3,20)21/h4-7,19H,8-10H2,1-3H3,(H2,16,17,18). The second kappa shape index (κ2) is 7.47. The molecule has 2 aromatic rings. The molecule has 0 fully saturated rings. The van der Waals surface area contributed by atoms with Crippen LogP contribution in [0.5, 0.6) is 0 Å². The summed E-state index contributed by atoms with van der Waals surface area (Å²) in [6, 6.07) is 7.90. The first kappa shape index (κ1) is 17.3. The van der Waals surface area contributed by atoms with Gasteiger partial charge in [0.15, 0.2) is 5.96 Å². The van der Waals surface area contributed by atoms with Gasteiger partial charge < -0.3 is 15.1 Å². The molecule has 0 bridgehead atoms. The Balaban J connectivity index is 1.88. The van der Waals surface area contributed by atoms with Gasteiger partial charge in [-0.1, -0.05) is 18.2 Å². The summed E-state index contributed by atoms with van der Waals surface area (Å²) in [4.78, 5) is 4.10. The monoisotopic (exact) mass is 338 g/mol. The second-order valence-electron chi connectivity index (χ2n) is 5.17. The number of guanidine groups is 1. The molecule has 7 nitrogen and oxygen atoms in total. The van der Waals surface area contributed by atoms with Crippen LogP contribution in [0.2, 0.25) is 0 Å². The molecule has 1 heterocycles. The predicted molar refractivity (Wildman–Crippen MR) is 92.0 cm³/mol. The van der Waals surface area contributed by atoms with Crippen molar-refractivity contribution >= 4 is 27.0 Å². The van der Waals surface area contributed by atoms with Crippen molar-refractivity contribution in [1.29, 1.82) is 0 Å². The molecule has 0 aliphatic rings. The van der Waals surface area contributed by atoms with Crippen LogP contribution >= 0.6 is 0 Å². The first-order chi connectivity index (χ1) is 10.9. The molecular weight excluding hydrogens is 316 g/mol. The second-order valence-corrected chi connectivity index (χ2v) is 7.00. The number of fused-ring (bicyclic) bond motifs is 1. The number of furan rings is 1. The SMILES string of the molecule is CN=C(NCCNS(C)(=O)=O)NCc1oc2ccccc2c1C. The van der Waals surface area contributed by atoms with Crippen LogP contribution in [0.15, 0.2) is 33.7 Å². The van der Waals surface area contributed by atoms with Crippen LogP contribution < -0.4 is 15.4 Å². The number of para-hydroxylation sites is 1. The van der Waals surface area contributed by atoms with Crippen LogP contribution in [-0.4, -0.2) is 40.8 Å². The van der Waals surface area contributed by atoms with Crippen molar-refractivity contribution < 1.29 is 12.8 Å². The van der Waals surface area contributed by atoms with Crippen molar-refractivity contribution in [3.63, 3.8) is 0 Å². The molecular formula is C15H22N4O3S. The van der Waals surface area contributed by atoms with Crippen molar-refractivity contribution in [2.75, 3.05) is 26.4 Å². The Morgan fingerprint density at radius 1 is 1.22 bits per heavy atom. The number of nitrogens with one attached hydrogen (secondary N) is 3. The normalized spacial score (nSPS) is 12.6. The molecule has 0 aliphatic heterocycles. The molecule has 0 atom stereocenters. The zero-order chi connectivity index (χ0) is 16.9. The fourth-order valence-electron chi connectivity index (χ4n) is 2.20. The Kier molecular flexibility index (Phi) is 5.62. The topological polar surface area (TPSA) is 95.7 Å². The van der Waals surface area contributed by atoms with Gasteiger partial charge in [-0.05, 0) is 13.0 Å². The largest absolute Gasteiger partial charge is 0.459 e. The van der Waals surface area contributed by atoms with E-state index in [4.69, 9.17) is 4.42 Å². The lowest BCUT2D eigenvalue weighted by Gasteiger charge is -2.11. The average Bonchev–Trinajstić information content (AvgIpc) is 2.82. The van der Waals surface area contributed by atoms with Gasteiger partial charge >= 0.3 is 0 Å². The van der Waals surface area contributed by atoms with Crippen molar-refractivity contribution in [3.8, 4) is 0 Å². The van der Waals surface area contributed by atoms with Crippen molar-refractivity contribution in [3.05, 3.63) is 35.6 Å². The van der Waals surface area contributed by atoms with Crippen LogP contribution in [0.25, 0.3) is 11.0 Å². The molecule has 1 aromatic heterocycles. The fourth-order valence-corrected chi connectivity index (χ4v) is 2.67. The van der Waals surface area contributed by atoms with E-state index in [9.17, 15) is 8.42 Å². The molecule has 0 aliphatic carbocycles. The Morgan fingerprint density at radius 3 is 2.61 bits per heavy atom. The maximum Gasteiger partial charge on any atom is 0.208 e. The molecule has 8 heteroatoms. The summed E-state index contributed by atoms with van der Waals surface area (Å²) in [5, 5.41) is 7.29. The highest BCUT2D eigenvalue weighted by molar-refractivity contribution is 7.88. The number of hydrogen-bond acceptors (Lipinski definition) is 4. The molecule has 0 saturated carbocycles. The minimum Gasteiger partial charge on any atom is -0.459 e. The van der Waals surface area contributed by atoms with Gasteiger partial charge in [0.05, 0.1) is 12.8 Å². The van der Waals surface area contributed by atoms with E-state index in [0.717, 1.165) is 28.5 Å². The van der Waals surface area contributed by atoms with E-state index < -0.39 is 10.0 Å². The number of sulfonamides is 1. The lowest BCUT2D eigenvalue weighted by atomic mass is 10.1. The maximum atomic E-state index is 11.0. The summed E-state index contributed by atoms with van der Waals surface area (Å²) in [5.74, 6) is 1.43. The Morgan fingerprint density at radius 2 is 1.96 bits per heavy atom. The molecule has 0 unspecified atom stereocenters. The van der Waals surface area contributed by atoms with Gasteiger partial charge in [0.1, 0.15) is 11.3 Å². The minimum atomic E-state index is -3.17. The summed E-state index contributed by atoms with van der Waals surface area (Å²) in [6.07, 6.45) is 1.13. The van der Waals surface area contributed by atoms with E-state index in [2.05, 4.69) is 20.3 Å². The van der Waals surface area contributed by atoms with Crippen molar-refractivity contribution in [2.45, 2.75) is 13.5 Å². The van der Waals surface area contributed by atoms with Gasteiger partial charge in [0.2, 0.25) is 10.0 Å². The lowest BCUT2D eigenvalue weighted by molar-refractivity contribution is 0.534. The fraction of sp³-hybridized carbons (Fsp3) is 0.400. The van der Waals surface area contributed by atoms with E-state index in [1.165, 1.54) is 0 Å². The Bertz CT molecular complexity index is 796. The molecule has 3 N–H and O–H groups in total. The summed E-state index contributed by atoms with van der Waals surface area (Å²) < 4.78 is 30.2. The smallest absolute Gasteiger partial charge is 0.208 e. The molecule has 0 saturated heterocycles. The zero-order valence-corrected chi connectivity index (χ0v) is 14.3. The quantitative estimate of drug-likeness (QED) is 0.414. The lowest BCUT2D eigenvalue weighted by Crippen LogP contribution is -2.41. The minimum absolute atomic E-state index is 0.295. The Hall–Kier alpha value is -2.06. The average molecular weight is 338 g/mol. The van der Waals surface area contributed by atoms with E-state index in [1.807, 2.05) is 31.2 Å². The zero-order valence-electron chi connectivity index (χ0n) is 13.5. The van der Waals surface area contributed by atoms with Crippen LogP contribution in [-0.2, 0) is 16.6 Å². The van der Waals surface area contributed by atoms with Gasteiger partial charge in [0, 0.05) is 31.1 Å². The Labute approximate surface area is 136 Å². The molecule has 0 amide bonds. The highest BCUT2D eigenvalue weighted by atomic mass is 32.2. The third-order valence-electron chi connectivity index (χ3n) is 3.36. The third kappa shape index (κ3) is 4.97. The molecule has 1 aromatic carbocycles. The van der Waals surface area contributed by atoms with Crippen molar-refractivity contribution in [1.82, 2.24) is 15.4 Å². The van der Waals surface area contributed by atoms with E-state index in [1.54, 1.807) is 7.05 Å². The first-order valence-corrected chi connectivity index (χ1v) is 9.16. The van der Waals surface area contributed by atoms with Crippen LogP contribution in [0.3, 0.4) is 0 Å². The summed E-state index contributed by atoms with van der Waals surface area (Å²) in [5.41, 5.74) is 1.96. The molecule has 2 rings (SSSR count). The number of benzene rings is 1. The van der Waals surface area contributed by atoms with Crippen LogP contribution in [0.4, 0.5) is 0 Å². The number of nitrogens with zero attached hydrogens (tertiary/aromatic N) is 1. The van der Waals surface area contributed by atoms with Gasteiger partial charge in [-0.25, -0.2) is 13.1 Å². The molecule has 23 heavy (non-hydrogen) atoms. The maximum absolute atomic E-state index is 11.0. The summed E-state index contributed by atoms with van der Waals surface area (Å²) in [6.45, 7) is 3.25.